The molecule has 188 valence electrons. The summed E-state index contributed by atoms with van der Waals surface area (Å²) < 4.78 is 10.6. The number of aliphatic imine (C=N–C) groups is 2. The monoisotopic (exact) mass is 497 g/mol. The molecule has 2 atom stereocenters. The lowest BCUT2D eigenvalue weighted by Gasteiger charge is -2.34. The molecule has 2 unspecified atom stereocenters. The first kappa shape index (κ1) is 25.5. The molecule has 3 aliphatic rings. The van der Waals surface area contributed by atoms with E-state index in [9.17, 15) is 9.59 Å². The van der Waals surface area contributed by atoms with Crippen molar-refractivity contribution in [2.75, 3.05) is 20.8 Å². The number of amidine groups is 1. The van der Waals surface area contributed by atoms with E-state index in [1.54, 1.807) is 26.0 Å². The van der Waals surface area contributed by atoms with Crippen LogP contribution < -0.4 is 14.8 Å². The average Bonchev–Trinajstić information content (AvgIpc) is 3.20. The van der Waals surface area contributed by atoms with Crippen LogP contribution in [0, 0.1) is 17.3 Å². The van der Waals surface area contributed by atoms with Crippen LogP contribution in [-0.4, -0.2) is 43.5 Å². The van der Waals surface area contributed by atoms with E-state index in [0.29, 0.717) is 42.6 Å². The maximum Gasteiger partial charge on any atom is 0.261 e. The highest BCUT2D eigenvalue weighted by Gasteiger charge is 2.43. The van der Waals surface area contributed by atoms with Gasteiger partial charge in [0.2, 0.25) is 5.91 Å². The minimum atomic E-state index is -0.282. The second kappa shape index (κ2) is 10.6. The Morgan fingerprint density at radius 2 is 1.91 bits per heavy atom. The van der Waals surface area contributed by atoms with Crippen molar-refractivity contribution in [1.29, 1.82) is 0 Å². The number of thioether (sulfide) groups is 1. The number of hydrogen-bond donors (Lipinski definition) is 1. The van der Waals surface area contributed by atoms with Gasteiger partial charge in [-0.1, -0.05) is 38.6 Å². The highest BCUT2D eigenvalue weighted by atomic mass is 32.2. The third kappa shape index (κ3) is 5.80. The van der Waals surface area contributed by atoms with Crippen molar-refractivity contribution >= 4 is 34.5 Å². The van der Waals surface area contributed by atoms with Crippen molar-refractivity contribution in [3.8, 4) is 11.5 Å². The van der Waals surface area contributed by atoms with Gasteiger partial charge in [0.25, 0.3) is 5.91 Å². The highest BCUT2D eigenvalue weighted by Crippen LogP contribution is 2.52. The molecule has 0 aromatic heterocycles. The quantitative estimate of drug-likeness (QED) is 0.549. The van der Waals surface area contributed by atoms with Gasteiger partial charge in [0.1, 0.15) is 11.8 Å². The first-order valence-corrected chi connectivity index (χ1v) is 13.1. The van der Waals surface area contributed by atoms with E-state index < -0.39 is 0 Å². The van der Waals surface area contributed by atoms with Gasteiger partial charge in [-0.05, 0) is 65.2 Å². The molecule has 0 saturated carbocycles. The van der Waals surface area contributed by atoms with Crippen LogP contribution in [0.2, 0.25) is 0 Å². The van der Waals surface area contributed by atoms with Gasteiger partial charge < -0.3 is 14.8 Å². The van der Waals surface area contributed by atoms with E-state index in [1.165, 1.54) is 10.5 Å². The molecule has 1 aliphatic carbocycles. The molecule has 2 amide bonds. The molecule has 2 aliphatic heterocycles. The summed E-state index contributed by atoms with van der Waals surface area (Å²) in [5.74, 6) is 1.96. The number of allylic oxidation sites excluding steroid dienone is 1. The van der Waals surface area contributed by atoms with Gasteiger partial charge in [-0.25, -0.2) is 4.99 Å². The summed E-state index contributed by atoms with van der Waals surface area (Å²) in [6.45, 7) is 7.38. The van der Waals surface area contributed by atoms with Crippen molar-refractivity contribution in [1.82, 2.24) is 5.32 Å². The molecule has 0 saturated heterocycles. The number of benzene rings is 1. The Kier molecular flexibility index (Phi) is 7.69. The molecule has 1 aromatic rings. The average molecular weight is 498 g/mol. The normalized spacial score (nSPS) is 21.7. The van der Waals surface area contributed by atoms with E-state index in [1.807, 2.05) is 18.2 Å². The van der Waals surface area contributed by atoms with Crippen LogP contribution in [0.3, 0.4) is 0 Å². The maximum atomic E-state index is 12.9. The number of nitrogens with zero attached hydrogens (tertiary/aromatic N) is 2. The van der Waals surface area contributed by atoms with E-state index in [4.69, 9.17) is 14.5 Å². The van der Waals surface area contributed by atoms with Gasteiger partial charge in [-0.15, -0.1) is 0 Å². The molecule has 2 heterocycles. The Hall–Kier alpha value is -2.61. The Bertz CT molecular complexity index is 1100. The summed E-state index contributed by atoms with van der Waals surface area (Å²) in [7, 11) is 3.21. The standard InChI is InChI=1S/C27H35N3O4S/c1-27(2,3)17-7-8-18-21(15-17)35-26-24(18)25(32)29-22(30-26)10-11-23(31)28-13-12-16-6-9-19(33-4)20(14-16)34-5/h6,9,14,17,24H,7-8,10-13,15H2,1-5H3,(H,28,31). The summed E-state index contributed by atoms with van der Waals surface area (Å²) in [6, 6.07) is 5.73. The van der Waals surface area contributed by atoms with Crippen molar-refractivity contribution in [3.63, 3.8) is 0 Å². The third-order valence-corrected chi connectivity index (χ3v) is 8.30. The van der Waals surface area contributed by atoms with Crippen molar-refractivity contribution in [2.24, 2.45) is 27.2 Å². The first-order chi connectivity index (χ1) is 16.7. The molecule has 8 heteroatoms. The van der Waals surface area contributed by atoms with Crippen molar-refractivity contribution < 1.29 is 19.1 Å². The summed E-state index contributed by atoms with van der Waals surface area (Å²) in [5, 5.41) is 3.80. The number of hydrogen-bond acceptors (Lipinski definition) is 6. The number of rotatable bonds is 8. The Morgan fingerprint density at radius 3 is 2.63 bits per heavy atom. The van der Waals surface area contributed by atoms with E-state index in [-0.39, 0.29) is 29.6 Å². The summed E-state index contributed by atoms with van der Waals surface area (Å²) >= 11 is 1.67. The lowest BCUT2D eigenvalue weighted by atomic mass is 9.71. The largest absolute Gasteiger partial charge is 0.493 e. The number of ether oxygens (including phenoxy) is 2. The molecular weight excluding hydrogens is 462 g/mol. The van der Waals surface area contributed by atoms with Gasteiger partial charge in [-0.3, -0.25) is 9.59 Å². The number of fused-ring (bicyclic) bond motifs is 2. The van der Waals surface area contributed by atoms with Crippen molar-refractivity contribution in [3.05, 3.63) is 34.2 Å². The van der Waals surface area contributed by atoms with Crippen LogP contribution in [0.5, 0.6) is 11.5 Å². The SMILES string of the molecule is COc1ccc(CCNC(=O)CCC2=NC(=O)C3C(=N2)SC2=C3CCC(C(C)(C)C)C2)cc1OC. The zero-order valence-corrected chi connectivity index (χ0v) is 22.1. The van der Waals surface area contributed by atoms with Crippen LogP contribution in [0.25, 0.3) is 0 Å². The first-order valence-electron chi connectivity index (χ1n) is 12.3. The van der Waals surface area contributed by atoms with Crippen LogP contribution in [0.4, 0.5) is 0 Å². The van der Waals surface area contributed by atoms with Crippen LogP contribution in [0.15, 0.2) is 38.7 Å². The van der Waals surface area contributed by atoms with E-state index >= 15 is 0 Å². The molecule has 7 nitrogen and oxygen atoms in total. The third-order valence-electron chi connectivity index (χ3n) is 7.08. The molecule has 1 N–H and O–H groups in total. The zero-order chi connectivity index (χ0) is 25.2. The second-order valence-corrected chi connectivity index (χ2v) is 11.5. The zero-order valence-electron chi connectivity index (χ0n) is 21.3. The molecule has 0 fully saturated rings. The Morgan fingerprint density at radius 1 is 1.14 bits per heavy atom. The predicted molar refractivity (Wildman–Crippen MR) is 140 cm³/mol. The smallest absolute Gasteiger partial charge is 0.261 e. The van der Waals surface area contributed by atoms with Gasteiger partial charge in [0.15, 0.2) is 11.5 Å². The fourth-order valence-electron chi connectivity index (χ4n) is 4.91. The fraction of sp³-hybridized carbons (Fsp3) is 0.556. The number of carbonyl (C=O) groups excluding carboxylic acids is 2. The molecule has 4 rings (SSSR count). The number of nitrogens with one attached hydrogen (secondary N) is 1. The Labute approximate surface area is 211 Å². The Balaban J connectivity index is 1.27. The lowest BCUT2D eigenvalue weighted by molar-refractivity contribution is -0.121. The van der Waals surface area contributed by atoms with Gasteiger partial charge in [0.05, 0.1) is 19.3 Å². The van der Waals surface area contributed by atoms with Crippen LogP contribution in [-0.2, 0) is 16.0 Å². The molecule has 0 spiro atoms. The summed E-state index contributed by atoms with van der Waals surface area (Å²) in [6.07, 6.45) is 4.37. The van der Waals surface area contributed by atoms with Gasteiger partial charge in [-0.2, -0.15) is 4.99 Å². The topological polar surface area (TPSA) is 89.3 Å². The number of amides is 2. The fourth-order valence-corrected chi connectivity index (χ4v) is 6.31. The summed E-state index contributed by atoms with van der Waals surface area (Å²) in [4.78, 5) is 35.5. The molecule has 1 aromatic carbocycles. The van der Waals surface area contributed by atoms with Crippen LogP contribution >= 0.6 is 11.8 Å². The molecule has 35 heavy (non-hydrogen) atoms. The molecule has 0 radical (unpaired) electrons. The minimum absolute atomic E-state index is 0.0764. The summed E-state index contributed by atoms with van der Waals surface area (Å²) in [5.41, 5.74) is 2.54. The molecular formula is C27H35N3O4S. The van der Waals surface area contributed by atoms with Gasteiger partial charge in [0, 0.05) is 19.4 Å². The second-order valence-electron chi connectivity index (χ2n) is 10.4. The minimum Gasteiger partial charge on any atom is -0.493 e. The van der Waals surface area contributed by atoms with Crippen LogP contribution in [0.1, 0.15) is 58.4 Å². The molecule has 0 bridgehead atoms. The predicted octanol–water partition coefficient (Wildman–Crippen LogP) is 4.94. The van der Waals surface area contributed by atoms with Crippen molar-refractivity contribution in [2.45, 2.75) is 59.3 Å². The van der Waals surface area contributed by atoms with E-state index in [0.717, 1.165) is 29.9 Å². The lowest BCUT2D eigenvalue weighted by Crippen LogP contribution is -2.29. The number of carbonyl (C=O) groups is 2. The van der Waals surface area contributed by atoms with E-state index in [2.05, 4.69) is 31.1 Å². The number of methoxy groups -OCH3 is 2. The highest BCUT2D eigenvalue weighted by molar-refractivity contribution is 8.17. The maximum absolute atomic E-state index is 12.9. The van der Waals surface area contributed by atoms with Gasteiger partial charge >= 0.3 is 0 Å².